The van der Waals surface area contributed by atoms with Crippen LogP contribution in [0.5, 0.6) is 0 Å². The summed E-state index contributed by atoms with van der Waals surface area (Å²) in [6, 6.07) is 20.8. The lowest BCUT2D eigenvalue weighted by Gasteiger charge is -2.22. The van der Waals surface area contributed by atoms with Crippen molar-refractivity contribution in [1.82, 2.24) is 4.31 Å². The molecule has 0 spiro atoms. The Hall–Kier alpha value is -2.67. The number of halogens is 1. The molecule has 156 valence electrons. The minimum Gasteiger partial charge on any atom is -0.325 e. The van der Waals surface area contributed by atoms with E-state index in [-0.39, 0.29) is 18.0 Å². The second-order valence-electron chi connectivity index (χ2n) is 7.08. The molecule has 3 rings (SSSR count). The quantitative estimate of drug-likeness (QED) is 0.572. The van der Waals surface area contributed by atoms with E-state index in [2.05, 4.69) is 5.32 Å². The molecule has 30 heavy (non-hydrogen) atoms. The third kappa shape index (κ3) is 5.48. The zero-order valence-electron chi connectivity index (χ0n) is 16.8. The monoisotopic (exact) mass is 442 g/mol. The van der Waals surface area contributed by atoms with Gasteiger partial charge in [-0.2, -0.15) is 4.31 Å². The Morgan fingerprint density at radius 1 is 0.967 bits per heavy atom. The molecule has 0 aliphatic carbocycles. The summed E-state index contributed by atoms with van der Waals surface area (Å²) >= 11 is 5.90. The molecule has 0 bridgehead atoms. The number of anilines is 1. The Kier molecular flexibility index (Phi) is 6.92. The SMILES string of the molecule is Cc1ccc(C)c(NC(=O)CN(Cc2ccccc2)S(=O)(=O)c2ccc(Cl)cc2)c1. The molecule has 0 aliphatic heterocycles. The van der Waals surface area contributed by atoms with Crippen LogP contribution in [0.3, 0.4) is 0 Å². The fourth-order valence-corrected chi connectivity index (χ4v) is 4.50. The van der Waals surface area contributed by atoms with Crippen molar-refractivity contribution in [1.29, 1.82) is 0 Å². The number of hydrogen-bond acceptors (Lipinski definition) is 3. The molecule has 0 aliphatic rings. The van der Waals surface area contributed by atoms with Gasteiger partial charge in [0, 0.05) is 17.3 Å². The molecule has 0 saturated heterocycles. The van der Waals surface area contributed by atoms with Crippen molar-refractivity contribution >= 4 is 33.2 Å². The first-order chi connectivity index (χ1) is 14.3. The molecular weight excluding hydrogens is 420 g/mol. The molecular formula is C23H23ClN2O3S. The van der Waals surface area contributed by atoms with E-state index < -0.39 is 15.9 Å². The summed E-state index contributed by atoms with van der Waals surface area (Å²) in [4.78, 5) is 12.9. The summed E-state index contributed by atoms with van der Waals surface area (Å²) in [5, 5.41) is 3.27. The Labute approximate surface area is 182 Å². The number of carbonyl (C=O) groups is 1. The predicted molar refractivity (Wildman–Crippen MR) is 120 cm³/mol. The van der Waals surface area contributed by atoms with E-state index in [1.807, 2.05) is 62.4 Å². The van der Waals surface area contributed by atoms with Crippen LogP contribution in [0.2, 0.25) is 5.02 Å². The van der Waals surface area contributed by atoms with Crippen molar-refractivity contribution in [3.05, 3.63) is 94.5 Å². The highest BCUT2D eigenvalue weighted by atomic mass is 35.5. The maximum atomic E-state index is 13.3. The van der Waals surface area contributed by atoms with E-state index in [0.29, 0.717) is 10.7 Å². The van der Waals surface area contributed by atoms with Gasteiger partial charge < -0.3 is 5.32 Å². The van der Waals surface area contributed by atoms with Crippen molar-refractivity contribution in [2.45, 2.75) is 25.3 Å². The van der Waals surface area contributed by atoms with E-state index in [9.17, 15) is 13.2 Å². The maximum Gasteiger partial charge on any atom is 0.243 e. The second kappa shape index (κ2) is 9.43. The van der Waals surface area contributed by atoms with Gasteiger partial charge in [0.2, 0.25) is 15.9 Å². The molecule has 1 N–H and O–H groups in total. The molecule has 3 aromatic carbocycles. The van der Waals surface area contributed by atoms with E-state index in [4.69, 9.17) is 11.6 Å². The molecule has 3 aromatic rings. The lowest BCUT2D eigenvalue weighted by atomic mass is 10.1. The number of hydrogen-bond donors (Lipinski definition) is 1. The smallest absolute Gasteiger partial charge is 0.243 e. The van der Waals surface area contributed by atoms with Crippen molar-refractivity contribution in [3.63, 3.8) is 0 Å². The molecule has 7 heteroatoms. The lowest BCUT2D eigenvalue weighted by molar-refractivity contribution is -0.116. The number of amides is 1. The third-order valence-electron chi connectivity index (χ3n) is 4.64. The fourth-order valence-electron chi connectivity index (χ4n) is 2.99. The number of carbonyl (C=O) groups excluding carboxylic acids is 1. The molecule has 0 aromatic heterocycles. The van der Waals surface area contributed by atoms with Crippen LogP contribution in [-0.4, -0.2) is 25.2 Å². The largest absolute Gasteiger partial charge is 0.325 e. The predicted octanol–water partition coefficient (Wildman–Crippen LogP) is 4.79. The average Bonchev–Trinajstić information content (AvgIpc) is 2.71. The Bertz CT molecular complexity index is 1130. The molecule has 1 amide bonds. The van der Waals surface area contributed by atoms with Gasteiger partial charge in [0.15, 0.2) is 0 Å². The number of sulfonamides is 1. The fraction of sp³-hybridized carbons (Fsp3) is 0.174. The number of rotatable bonds is 7. The lowest BCUT2D eigenvalue weighted by Crippen LogP contribution is -2.37. The highest BCUT2D eigenvalue weighted by Crippen LogP contribution is 2.21. The zero-order chi connectivity index (χ0) is 21.7. The van der Waals surface area contributed by atoms with Crippen LogP contribution >= 0.6 is 11.6 Å². The zero-order valence-corrected chi connectivity index (χ0v) is 18.4. The molecule has 0 atom stereocenters. The van der Waals surface area contributed by atoms with Gasteiger partial charge in [-0.05, 0) is 60.9 Å². The first-order valence-electron chi connectivity index (χ1n) is 9.42. The Balaban J connectivity index is 1.88. The first kappa shape index (κ1) is 22.0. The van der Waals surface area contributed by atoms with E-state index >= 15 is 0 Å². The summed E-state index contributed by atoms with van der Waals surface area (Å²) in [6.07, 6.45) is 0. The Morgan fingerprint density at radius 2 is 1.63 bits per heavy atom. The van der Waals surface area contributed by atoms with E-state index in [1.54, 1.807) is 0 Å². The van der Waals surface area contributed by atoms with Crippen molar-refractivity contribution < 1.29 is 13.2 Å². The van der Waals surface area contributed by atoms with Gasteiger partial charge in [-0.25, -0.2) is 8.42 Å². The van der Waals surface area contributed by atoms with Gasteiger partial charge in [-0.1, -0.05) is 54.1 Å². The van der Waals surface area contributed by atoms with Crippen LogP contribution in [0.25, 0.3) is 0 Å². The average molecular weight is 443 g/mol. The summed E-state index contributed by atoms with van der Waals surface area (Å²) in [5.74, 6) is -0.405. The normalized spacial score (nSPS) is 11.5. The van der Waals surface area contributed by atoms with Gasteiger partial charge in [0.05, 0.1) is 11.4 Å². The van der Waals surface area contributed by atoms with Gasteiger partial charge in [0.1, 0.15) is 0 Å². The van der Waals surface area contributed by atoms with Gasteiger partial charge in [-0.3, -0.25) is 4.79 Å². The number of nitrogens with zero attached hydrogens (tertiary/aromatic N) is 1. The number of nitrogens with one attached hydrogen (secondary N) is 1. The van der Waals surface area contributed by atoms with Crippen LogP contribution in [-0.2, 0) is 21.4 Å². The number of aryl methyl sites for hydroxylation is 2. The van der Waals surface area contributed by atoms with Crippen molar-refractivity contribution in [2.75, 3.05) is 11.9 Å². The third-order valence-corrected chi connectivity index (χ3v) is 6.70. The van der Waals surface area contributed by atoms with Crippen LogP contribution in [0.15, 0.2) is 77.7 Å². The van der Waals surface area contributed by atoms with Crippen molar-refractivity contribution in [2.24, 2.45) is 0 Å². The highest BCUT2D eigenvalue weighted by molar-refractivity contribution is 7.89. The molecule has 0 radical (unpaired) electrons. The number of benzene rings is 3. The van der Waals surface area contributed by atoms with Crippen LogP contribution in [0.1, 0.15) is 16.7 Å². The summed E-state index contributed by atoms with van der Waals surface area (Å²) in [6.45, 7) is 3.59. The summed E-state index contributed by atoms with van der Waals surface area (Å²) in [5.41, 5.74) is 3.37. The van der Waals surface area contributed by atoms with Gasteiger partial charge >= 0.3 is 0 Å². The van der Waals surface area contributed by atoms with E-state index in [1.165, 1.54) is 28.6 Å². The van der Waals surface area contributed by atoms with Gasteiger partial charge in [0.25, 0.3) is 0 Å². The molecule has 5 nitrogen and oxygen atoms in total. The summed E-state index contributed by atoms with van der Waals surface area (Å²) in [7, 11) is -3.91. The van der Waals surface area contributed by atoms with Crippen LogP contribution < -0.4 is 5.32 Å². The highest BCUT2D eigenvalue weighted by Gasteiger charge is 2.27. The van der Waals surface area contributed by atoms with Gasteiger partial charge in [-0.15, -0.1) is 0 Å². The molecule has 0 saturated carbocycles. The van der Waals surface area contributed by atoms with Crippen molar-refractivity contribution in [3.8, 4) is 0 Å². The standard InChI is InChI=1S/C23H23ClN2O3S/c1-17-8-9-18(2)22(14-17)25-23(27)16-26(15-19-6-4-3-5-7-19)30(28,29)21-12-10-20(24)11-13-21/h3-14H,15-16H2,1-2H3,(H,25,27). The van der Waals surface area contributed by atoms with Crippen LogP contribution in [0.4, 0.5) is 5.69 Å². The van der Waals surface area contributed by atoms with E-state index in [0.717, 1.165) is 16.7 Å². The minimum atomic E-state index is -3.91. The second-order valence-corrected chi connectivity index (χ2v) is 9.45. The molecule has 0 fully saturated rings. The topological polar surface area (TPSA) is 66.5 Å². The first-order valence-corrected chi connectivity index (χ1v) is 11.2. The van der Waals surface area contributed by atoms with Crippen LogP contribution in [0, 0.1) is 13.8 Å². The molecule has 0 unspecified atom stereocenters. The molecule has 0 heterocycles. The Morgan fingerprint density at radius 3 is 2.30 bits per heavy atom. The maximum absolute atomic E-state index is 13.3. The summed E-state index contributed by atoms with van der Waals surface area (Å²) < 4.78 is 27.7. The minimum absolute atomic E-state index is 0.0754.